The van der Waals surface area contributed by atoms with E-state index < -0.39 is 69.2 Å². The number of phosphoric acid groups is 1. The predicted molar refractivity (Wildman–Crippen MR) is 127 cm³/mol. The zero-order chi connectivity index (χ0) is 27.2. The summed E-state index contributed by atoms with van der Waals surface area (Å²) in [7, 11) is -4.73. The van der Waals surface area contributed by atoms with E-state index in [2.05, 4.69) is 19.9 Å². The molecule has 0 bridgehead atoms. The van der Waals surface area contributed by atoms with Gasteiger partial charge in [-0.15, -0.1) is 0 Å². The number of nitrogen functional groups attached to an aromatic ring is 1. The second-order valence-corrected chi connectivity index (χ2v) is 10.4. The lowest BCUT2D eigenvalue weighted by Gasteiger charge is -2.21. The third kappa shape index (κ3) is 5.14. The number of nitrogens with two attached hydrogens (primary N) is 1. The molecular weight excluding hydrogens is 529 g/mol. The fourth-order valence-corrected chi connectivity index (χ4v) is 5.39. The van der Waals surface area contributed by atoms with Crippen LogP contribution in [0.1, 0.15) is 30.9 Å². The first-order valence-electron chi connectivity index (χ1n) is 11.6. The Kier molecular flexibility index (Phi) is 7.19. The fourth-order valence-electron chi connectivity index (χ4n) is 4.43. The van der Waals surface area contributed by atoms with Crippen LogP contribution in [0.15, 0.2) is 28.4 Å². The first-order chi connectivity index (χ1) is 18.1. The van der Waals surface area contributed by atoms with Crippen molar-refractivity contribution in [1.82, 2.24) is 29.1 Å². The lowest BCUT2D eigenvalue weighted by atomic mass is 10.2. The Morgan fingerprint density at radius 1 is 1.18 bits per heavy atom. The van der Waals surface area contributed by atoms with Crippen LogP contribution >= 0.6 is 7.82 Å². The third-order valence-electron chi connectivity index (χ3n) is 6.39. The summed E-state index contributed by atoms with van der Waals surface area (Å²) < 4.78 is 37.1. The highest BCUT2D eigenvalue weighted by atomic mass is 31.2. The van der Waals surface area contributed by atoms with Crippen LogP contribution in [-0.2, 0) is 23.1 Å². The van der Waals surface area contributed by atoms with Crippen molar-refractivity contribution in [2.45, 2.75) is 56.6 Å². The molecule has 0 amide bonds. The number of aliphatic hydroxyl groups is 2. The van der Waals surface area contributed by atoms with Gasteiger partial charge in [0.05, 0.1) is 25.6 Å². The summed E-state index contributed by atoms with van der Waals surface area (Å²) in [6.07, 6.45) is -1.83. The van der Waals surface area contributed by atoms with E-state index in [0.29, 0.717) is 11.2 Å². The Morgan fingerprint density at radius 2 is 1.92 bits per heavy atom. The van der Waals surface area contributed by atoms with Crippen LogP contribution < -0.4 is 17.0 Å². The molecule has 3 aromatic heterocycles. The lowest BCUT2D eigenvalue weighted by molar-refractivity contribution is -0.0564. The molecule has 7 atom stereocenters. The Morgan fingerprint density at radius 3 is 2.68 bits per heavy atom. The molecule has 17 nitrogen and oxygen atoms in total. The number of anilines is 1. The zero-order valence-corrected chi connectivity index (χ0v) is 20.9. The molecule has 0 aliphatic carbocycles. The van der Waals surface area contributed by atoms with E-state index in [1.165, 1.54) is 25.8 Å². The van der Waals surface area contributed by atoms with Crippen LogP contribution in [0.25, 0.3) is 11.2 Å². The van der Waals surface area contributed by atoms with Gasteiger partial charge in [-0.2, -0.15) is 0 Å². The molecule has 5 rings (SSSR count). The summed E-state index contributed by atoms with van der Waals surface area (Å²) in [6, 6.07) is 0. The number of nitrogens with one attached hydrogen (secondary N) is 1. The number of aliphatic hydroxyl groups excluding tert-OH is 2. The van der Waals surface area contributed by atoms with E-state index in [9.17, 15) is 29.3 Å². The molecule has 2 aliphatic heterocycles. The van der Waals surface area contributed by atoms with Crippen molar-refractivity contribution in [1.29, 1.82) is 0 Å². The summed E-state index contributed by atoms with van der Waals surface area (Å²) >= 11 is 0. The van der Waals surface area contributed by atoms with Gasteiger partial charge in [0.25, 0.3) is 5.56 Å². The minimum Gasteiger partial charge on any atom is -0.394 e. The van der Waals surface area contributed by atoms with Crippen LogP contribution in [0.2, 0.25) is 0 Å². The van der Waals surface area contributed by atoms with Gasteiger partial charge in [-0.1, -0.05) is 0 Å². The van der Waals surface area contributed by atoms with Gasteiger partial charge >= 0.3 is 13.5 Å². The Bertz CT molecular complexity index is 1490. The molecule has 5 heterocycles. The Hall–Kier alpha value is -3.02. The van der Waals surface area contributed by atoms with Gasteiger partial charge in [-0.25, -0.2) is 24.3 Å². The van der Waals surface area contributed by atoms with Crippen molar-refractivity contribution in [3.05, 3.63) is 45.3 Å². The van der Waals surface area contributed by atoms with Gasteiger partial charge in [0.15, 0.2) is 11.5 Å². The summed E-state index contributed by atoms with van der Waals surface area (Å²) in [6.45, 7) is 0.436. The van der Waals surface area contributed by atoms with E-state index in [1.54, 1.807) is 4.57 Å². The number of rotatable bonds is 8. The van der Waals surface area contributed by atoms with Crippen LogP contribution in [0.3, 0.4) is 0 Å². The number of ether oxygens (including phenoxy) is 2. The summed E-state index contributed by atoms with van der Waals surface area (Å²) in [5.41, 5.74) is 5.52. The number of aromatic amines is 1. The Balaban J connectivity index is 1.22. The number of aromatic nitrogens is 6. The normalized spacial score (nSPS) is 29.2. The molecule has 2 aliphatic rings. The third-order valence-corrected chi connectivity index (χ3v) is 7.40. The van der Waals surface area contributed by atoms with Crippen molar-refractivity contribution in [3.8, 4) is 0 Å². The number of nitrogens with zero attached hydrogens (tertiary/aromatic N) is 5. The molecule has 206 valence electrons. The maximum atomic E-state index is 12.7. The van der Waals surface area contributed by atoms with E-state index in [0.717, 1.165) is 4.57 Å². The lowest BCUT2D eigenvalue weighted by Crippen LogP contribution is -2.33. The van der Waals surface area contributed by atoms with Crippen molar-refractivity contribution < 1.29 is 38.2 Å². The van der Waals surface area contributed by atoms with Crippen molar-refractivity contribution in [2.75, 3.05) is 18.9 Å². The smallest absolute Gasteiger partial charge is 0.394 e. The largest absolute Gasteiger partial charge is 0.472 e. The second-order valence-electron chi connectivity index (χ2n) is 8.95. The number of aryl methyl sites for hydroxylation is 1. The SMILES string of the molecule is Cc1cn([C@@H]2C[C@H](OP(=O)(O)OC[C@@H]3O[C@H](n4cnc5c(N)ncnc54)C[C@@H]3O)[C@H](CO)O2)c(=O)[nH]c1=O. The van der Waals surface area contributed by atoms with Gasteiger partial charge in [0, 0.05) is 24.6 Å². The van der Waals surface area contributed by atoms with Crippen molar-refractivity contribution in [2.24, 2.45) is 0 Å². The van der Waals surface area contributed by atoms with E-state index in [1.807, 2.05) is 0 Å². The number of imidazole rings is 1. The number of H-pyrrole nitrogens is 1. The molecule has 0 saturated carbocycles. The maximum absolute atomic E-state index is 12.7. The second kappa shape index (κ2) is 10.3. The van der Waals surface area contributed by atoms with Gasteiger partial charge in [0.1, 0.15) is 42.6 Å². The predicted octanol–water partition coefficient (Wildman–Crippen LogP) is -1.30. The molecule has 3 aromatic rings. The number of hydrogen-bond donors (Lipinski definition) is 5. The fraction of sp³-hybridized carbons (Fsp3) is 0.550. The van der Waals surface area contributed by atoms with Crippen LogP contribution in [-0.4, -0.2) is 81.8 Å². The van der Waals surface area contributed by atoms with Crippen LogP contribution in [0.4, 0.5) is 5.82 Å². The first kappa shape index (κ1) is 26.6. The molecule has 18 heteroatoms. The number of hydrogen-bond acceptors (Lipinski definition) is 13. The van der Waals surface area contributed by atoms with Crippen LogP contribution in [0.5, 0.6) is 0 Å². The average Bonchev–Trinajstić information content (AvgIpc) is 3.57. The molecule has 6 N–H and O–H groups in total. The van der Waals surface area contributed by atoms with Crippen molar-refractivity contribution >= 4 is 24.8 Å². The number of phosphoric ester groups is 1. The summed E-state index contributed by atoms with van der Waals surface area (Å²) in [5.74, 6) is 0.186. The standard InChI is InChI=1S/C20H26N7O10P/c1-9-4-26(20(31)25-19(9)30)15-3-11(12(5-28)35-15)37-38(32,33)34-6-13-10(29)2-14(36-13)27-8-24-16-17(21)22-7-23-18(16)27/h4,7-8,10-15,28-29H,2-3,5-6H2,1H3,(H,32,33)(H2,21,22,23)(H,25,30,31)/t10-,11-,12-,13-,14-,15-/m0/s1. The highest BCUT2D eigenvalue weighted by molar-refractivity contribution is 7.47. The quantitative estimate of drug-likeness (QED) is 0.203. The van der Waals surface area contributed by atoms with Crippen LogP contribution in [0, 0.1) is 6.92 Å². The average molecular weight is 555 g/mol. The van der Waals surface area contributed by atoms with Gasteiger partial charge in [0.2, 0.25) is 0 Å². The molecule has 0 radical (unpaired) electrons. The highest BCUT2D eigenvalue weighted by Crippen LogP contribution is 2.49. The molecule has 0 spiro atoms. The molecular formula is C20H26N7O10P. The number of fused-ring (bicyclic) bond motifs is 1. The zero-order valence-electron chi connectivity index (χ0n) is 20.0. The van der Waals surface area contributed by atoms with E-state index in [4.69, 9.17) is 24.3 Å². The molecule has 2 saturated heterocycles. The highest BCUT2D eigenvalue weighted by Gasteiger charge is 2.43. The molecule has 2 fully saturated rings. The molecule has 0 aromatic carbocycles. The van der Waals surface area contributed by atoms with Crippen molar-refractivity contribution in [3.63, 3.8) is 0 Å². The monoisotopic (exact) mass is 555 g/mol. The van der Waals surface area contributed by atoms with E-state index >= 15 is 0 Å². The minimum absolute atomic E-state index is 0.0894. The van der Waals surface area contributed by atoms with Gasteiger partial charge in [-0.3, -0.25) is 28.0 Å². The van der Waals surface area contributed by atoms with E-state index in [-0.39, 0.29) is 24.2 Å². The first-order valence-corrected chi connectivity index (χ1v) is 13.1. The summed E-state index contributed by atoms with van der Waals surface area (Å²) in [5, 5.41) is 20.1. The maximum Gasteiger partial charge on any atom is 0.472 e. The Labute approximate surface area is 213 Å². The molecule has 38 heavy (non-hydrogen) atoms. The van der Waals surface area contributed by atoms with Gasteiger partial charge in [-0.05, 0) is 6.92 Å². The van der Waals surface area contributed by atoms with Gasteiger partial charge < -0.3 is 30.3 Å². The summed E-state index contributed by atoms with van der Waals surface area (Å²) in [4.78, 5) is 48.5. The topological polar surface area (TPSA) is 239 Å². The minimum atomic E-state index is -4.73. The molecule has 1 unspecified atom stereocenters.